The van der Waals surface area contributed by atoms with Crippen molar-refractivity contribution in [1.29, 1.82) is 0 Å². The second-order valence-electron chi connectivity index (χ2n) is 8.43. The molecule has 2 aliphatic rings. The molecule has 0 spiro atoms. The van der Waals surface area contributed by atoms with Crippen LogP contribution in [0.2, 0.25) is 10.0 Å². The quantitative estimate of drug-likeness (QED) is 0.618. The molecule has 1 unspecified atom stereocenters. The van der Waals surface area contributed by atoms with Crippen LogP contribution >= 0.6 is 23.2 Å². The molecule has 29 heavy (non-hydrogen) atoms. The van der Waals surface area contributed by atoms with Crippen molar-refractivity contribution in [3.05, 3.63) is 63.6 Å². The molecular weight excluding hydrogens is 401 g/mol. The number of hydrogen-bond acceptors (Lipinski definition) is 3. The van der Waals surface area contributed by atoms with E-state index in [0.29, 0.717) is 22.1 Å². The number of piperidine rings is 1. The van der Waals surface area contributed by atoms with Gasteiger partial charge in [-0.1, -0.05) is 47.5 Å². The van der Waals surface area contributed by atoms with Crippen LogP contribution in [0.3, 0.4) is 0 Å². The summed E-state index contributed by atoms with van der Waals surface area (Å²) in [7, 11) is 0. The van der Waals surface area contributed by atoms with Gasteiger partial charge in [0, 0.05) is 57.0 Å². The van der Waals surface area contributed by atoms with E-state index in [2.05, 4.69) is 58.9 Å². The SMILES string of the molecule is Cc1ccccc1N1CCN(C2CCN(C(C)c3ccc(Cl)c(Cl)c3)CC2)CC1. The van der Waals surface area contributed by atoms with Gasteiger partial charge in [-0.3, -0.25) is 9.80 Å². The first-order valence-electron chi connectivity index (χ1n) is 10.8. The average Bonchev–Trinajstić information content (AvgIpc) is 2.76. The van der Waals surface area contributed by atoms with Crippen LogP contribution in [0.1, 0.15) is 36.9 Å². The Morgan fingerprint density at radius 3 is 2.21 bits per heavy atom. The summed E-state index contributed by atoms with van der Waals surface area (Å²) in [6.45, 7) is 11.4. The molecule has 2 heterocycles. The molecule has 156 valence electrons. The summed E-state index contributed by atoms with van der Waals surface area (Å²) in [6.07, 6.45) is 2.49. The van der Waals surface area contributed by atoms with Crippen LogP contribution in [-0.2, 0) is 0 Å². The highest BCUT2D eigenvalue weighted by Crippen LogP contribution is 2.31. The molecule has 2 aliphatic heterocycles. The Morgan fingerprint density at radius 2 is 1.55 bits per heavy atom. The number of para-hydroxylation sites is 1. The lowest BCUT2D eigenvalue weighted by atomic mass is 9.98. The first kappa shape index (κ1) is 21.0. The molecule has 2 aromatic carbocycles. The van der Waals surface area contributed by atoms with Gasteiger partial charge in [-0.15, -0.1) is 0 Å². The fourth-order valence-electron chi connectivity index (χ4n) is 4.87. The van der Waals surface area contributed by atoms with Crippen molar-refractivity contribution in [2.24, 2.45) is 0 Å². The highest BCUT2D eigenvalue weighted by atomic mass is 35.5. The fourth-order valence-corrected chi connectivity index (χ4v) is 5.17. The first-order valence-corrected chi connectivity index (χ1v) is 11.5. The van der Waals surface area contributed by atoms with Gasteiger partial charge in [0.2, 0.25) is 0 Å². The van der Waals surface area contributed by atoms with E-state index in [1.807, 2.05) is 12.1 Å². The zero-order valence-electron chi connectivity index (χ0n) is 17.5. The monoisotopic (exact) mass is 431 g/mol. The molecular formula is C24H31Cl2N3. The van der Waals surface area contributed by atoms with Gasteiger partial charge >= 0.3 is 0 Å². The molecule has 0 bridgehead atoms. The molecule has 0 aliphatic carbocycles. The van der Waals surface area contributed by atoms with Crippen LogP contribution in [0.25, 0.3) is 0 Å². The van der Waals surface area contributed by atoms with E-state index in [1.165, 1.54) is 42.7 Å². The van der Waals surface area contributed by atoms with E-state index in [0.717, 1.165) is 26.2 Å². The van der Waals surface area contributed by atoms with Crippen molar-refractivity contribution in [2.75, 3.05) is 44.2 Å². The maximum absolute atomic E-state index is 6.23. The first-order chi connectivity index (χ1) is 14.0. The van der Waals surface area contributed by atoms with Crippen molar-refractivity contribution in [3.63, 3.8) is 0 Å². The van der Waals surface area contributed by atoms with Crippen LogP contribution in [0.4, 0.5) is 5.69 Å². The van der Waals surface area contributed by atoms with Gasteiger partial charge in [0.1, 0.15) is 0 Å². The van der Waals surface area contributed by atoms with Crippen LogP contribution < -0.4 is 4.90 Å². The Bertz CT molecular complexity index is 825. The van der Waals surface area contributed by atoms with E-state index in [9.17, 15) is 0 Å². The topological polar surface area (TPSA) is 9.72 Å². The Kier molecular flexibility index (Phi) is 6.70. The number of benzene rings is 2. The maximum Gasteiger partial charge on any atom is 0.0595 e. The third-order valence-electron chi connectivity index (χ3n) is 6.76. The van der Waals surface area contributed by atoms with E-state index in [4.69, 9.17) is 23.2 Å². The Morgan fingerprint density at radius 1 is 0.862 bits per heavy atom. The minimum atomic E-state index is 0.378. The van der Waals surface area contributed by atoms with Crippen LogP contribution in [0.5, 0.6) is 0 Å². The highest BCUT2D eigenvalue weighted by molar-refractivity contribution is 6.42. The lowest BCUT2D eigenvalue weighted by molar-refractivity contribution is 0.0840. The number of aryl methyl sites for hydroxylation is 1. The number of rotatable bonds is 4. The molecule has 3 nitrogen and oxygen atoms in total. The minimum absolute atomic E-state index is 0.378. The summed E-state index contributed by atoms with van der Waals surface area (Å²) in [4.78, 5) is 7.85. The summed E-state index contributed by atoms with van der Waals surface area (Å²) in [5.74, 6) is 0. The summed E-state index contributed by atoms with van der Waals surface area (Å²) in [6, 6.07) is 15.9. The van der Waals surface area contributed by atoms with Gasteiger partial charge in [0.05, 0.1) is 10.0 Å². The molecule has 2 fully saturated rings. The molecule has 0 amide bonds. The van der Waals surface area contributed by atoms with E-state index in [-0.39, 0.29) is 0 Å². The van der Waals surface area contributed by atoms with Crippen molar-refractivity contribution in [3.8, 4) is 0 Å². The zero-order valence-corrected chi connectivity index (χ0v) is 19.0. The molecule has 0 aromatic heterocycles. The van der Waals surface area contributed by atoms with Gasteiger partial charge in [0.15, 0.2) is 0 Å². The van der Waals surface area contributed by atoms with Gasteiger partial charge < -0.3 is 4.90 Å². The smallest absolute Gasteiger partial charge is 0.0595 e. The molecule has 0 N–H and O–H groups in total. The average molecular weight is 432 g/mol. The Hall–Kier alpha value is -1.26. The van der Waals surface area contributed by atoms with Crippen LogP contribution in [-0.4, -0.2) is 55.1 Å². The standard InChI is InChI=1S/C24H31Cl2N3/c1-18-5-3-4-6-24(18)29-15-13-28(14-16-29)21-9-11-27(12-10-21)19(2)20-7-8-22(25)23(26)17-20/h3-8,17,19,21H,9-16H2,1-2H3. The molecule has 2 aromatic rings. The van der Waals surface area contributed by atoms with Gasteiger partial charge in [-0.25, -0.2) is 0 Å². The van der Waals surface area contributed by atoms with Gasteiger partial charge in [-0.05, 0) is 56.0 Å². The summed E-state index contributed by atoms with van der Waals surface area (Å²) in [5, 5.41) is 1.28. The third-order valence-corrected chi connectivity index (χ3v) is 7.50. The number of halogens is 2. The zero-order chi connectivity index (χ0) is 20.4. The molecule has 1 atom stereocenters. The van der Waals surface area contributed by atoms with E-state index >= 15 is 0 Å². The number of nitrogens with zero attached hydrogens (tertiary/aromatic N) is 3. The number of anilines is 1. The van der Waals surface area contributed by atoms with Gasteiger partial charge in [-0.2, -0.15) is 0 Å². The molecule has 2 saturated heterocycles. The van der Waals surface area contributed by atoms with Crippen molar-refractivity contribution < 1.29 is 0 Å². The highest BCUT2D eigenvalue weighted by Gasteiger charge is 2.29. The lowest BCUT2D eigenvalue weighted by Gasteiger charge is -2.44. The summed E-state index contributed by atoms with van der Waals surface area (Å²) < 4.78 is 0. The van der Waals surface area contributed by atoms with Gasteiger partial charge in [0.25, 0.3) is 0 Å². The Labute approximate surface area is 185 Å². The summed E-state index contributed by atoms with van der Waals surface area (Å²) in [5.41, 5.74) is 4.03. The predicted molar refractivity (Wildman–Crippen MR) is 124 cm³/mol. The molecule has 0 saturated carbocycles. The second-order valence-corrected chi connectivity index (χ2v) is 9.24. The minimum Gasteiger partial charge on any atom is -0.369 e. The second kappa shape index (κ2) is 9.26. The largest absolute Gasteiger partial charge is 0.369 e. The number of piperazine rings is 1. The third kappa shape index (κ3) is 4.74. The predicted octanol–water partition coefficient (Wildman–Crippen LogP) is 5.65. The van der Waals surface area contributed by atoms with E-state index in [1.54, 1.807) is 0 Å². The number of likely N-dealkylation sites (tertiary alicyclic amines) is 1. The number of hydrogen-bond donors (Lipinski definition) is 0. The lowest BCUT2D eigenvalue weighted by Crippen LogP contribution is -2.53. The molecule has 4 rings (SSSR count). The van der Waals surface area contributed by atoms with Crippen molar-refractivity contribution >= 4 is 28.9 Å². The van der Waals surface area contributed by atoms with Crippen molar-refractivity contribution in [2.45, 2.75) is 38.8 Å². The maximum atomic E-state index is 6.23. The van der Waals surface area contributed by atoms with Crippen LogP contribution in [0, 0.1) is 6.92 Å². The Balaban J connectivity index is 1.29. The van der Waals surface area contributed by atoms with Crippen LogP contribution in [0.15, 0.2) is 42.5 Å². The molecule has 0 radical (unpaired) electrons. The van der Waals surface area contributed by atoms with E-state index < -0.39 is 0 Å². The summed E-state index contributed by atoms with van der Waals surface area (Å²) >= 11 is 12.3. The fraction of sp³-hybridized carbons (Fsp3) is 0.500. The van der Waals surface area contributed by atoms with Crippen molar-refractivity contribution in [1.82, 2.24) is 9.80 Å². The normalized spacial score (nSPS) is 20.8. The molecule has 5 heteroatoms.